The van der Waals surface area contributed by atoms with E-state index in [-0.39, 0.29) is 11.4 Å². The Labute approximate surface area is 87.2 Å². The summed E-state index contributed by atoms with van der Waals surface area (Å²) in [5, 5.41) is 0.217. The van der Waals surface area contributed by atoms with E-state index in [4.69, 9.17) is 21.1 Å². The Balaban J connectivity index is 1.95. The summed E-state index contributed by atoms with van der Waals surface area (Å²) < 4.78 is 10.8. The molecule has 1 fully saturated rings. The van der Waals surface area contributed by atoms with Crippen molar-refractivity contribution in [2.75, 3.05) is 13.2 Å². The predicted octanol–water partition coefficient (Wildman–Crippen LogP) is 1.69. The van der Waals surface area contributed by atoms with E-state index in [2.05, 4.69) is 9.97 Å². The molecule has 0 unspecified atom stereocenters. The fourth-order valence-corrected chi connectivity index (χ4v) is 1.49. The second-order valence-electron chi connectivity index (χ2n) is 3.09. The molecule has 0 atom stereocenters. The van der Waals surface area contributed by atoms with Crippen LogP contribution < -0.4 is 4.74 Å². The fourth-order valence-electron chi connectivity index (χ4n) is 1.35. The van der Waals surface area contributed by atoms with Crippen molar-refractivity contribution < 1.29 is 9.47 Å². The van der Waals surface area contributed by atoms with Crippen molar-refractivity contribution in [1.29, 1.82) is 0 Å². The minimum Gasteiger partial charge on any atom is -0.474 e. The molecule has 0 radical (unpaired) electrons. The molecule has 5 heteroatoms. The lowest BCUT2D eigenvalue weighted by Crippen LogP contribution is -2.26. The third-order valence-corrected chi connectivity index (χ3v) is 2.24. The Kier molecular flexibility index (Phi) is 3.16. The van der Waals surface area contributed by atoms with Crippen LogP contribution >= 0.6 is 11.6 Å². The standard InChI is InChI=1S/C9H11ClN2O2/c10-9-11-4-1-8(12-9)14-7-2-5-13-6-3-7/h1,4,7H,2-3,5-6H2. The molecule has 1 aliphatic heterocycles. The van der Waals surface area contributed by atoms with Crippen LogP contribution in [0.1, 0.15) is 12.8 Å². The smallest absolute Gasteiger partial charge is 0.225 e. The molecule has 0 aromatic carbocycles. The van der Waals surface area contributed by atoms with Gasteiger partial charge < -0.3 is 9.47 Å². The summed E-state index contributed by atoms with van der Waals surface area (Å²) in [4.78, 5) is 7.74. The van der Waals surface area contributed by atoms with Crippen LogP contribution in [0.3, 0.4) is 0 Å². The van der Waals surface area contributed by atoms with Gasteiger partial charge in [-0.05, 0) is 11.6 Å². The summed E-state index contributed by atoms with van der Waals surface area (Å²) >= 11 is 5.64. The highest BCUT2D eigenvalue weighted by Gasteiger charge is 2.15. The SMILES string of the molecule is Clc1nccc(OC2CCOCC2)n1. The zero-order valence-corrected chi connectivity index (χ0v) is 8.41. The third kappa shape index (κ3) is 2.56. The van der Waals surface area contributed by atoms with Gasteiger partial charge in [0.25, 0.3) is 0 Å². The number of nitrogens with zero attached hydrogens (tertiary/aromatic N) is 2. The number of hydrogen-bond acceptors (Lipinski definition) is 4. The molecule has 1 aromatic heterocycles. The van der Waals surface area contributed by atoms with E-state index in [1.165, 1.54) is 0 Å². The maximum absolute atomic E-state index is 5.64. The lowest BCUT2D eigenvalue weighted by molar-refractivity contribution is 0.0237. The first-order chi connectivity index (χ1) is 6.84. The van der Waals surface area contributed by atoms with Gasteiger partial charge in [0, 0.05) is 25.1 Å². The second kappa shape index (κ2) is 4.57. The van der Waals surface area contributed by atoms with Crippen LogP contribution in [0.25, 0.3) is 0 Å². The van der Waals surface area contributed by atoms with E-state index in [1.54, 1.807) is 12.3 Å². The molecule has 76 valence electrons. The molecule has 0 spiro atoms. The zero-order chi connectivity index (χ0) is 9.80. The Bertz CT molecular complexity index is 303. The lowest BCUT2D eigenvalue weighted by atomic mass is 10.2. The van der Waals surface area contributed by atoms with Crippen molar-refractivity contribution >= 4 is 11.6 Å². The van der Waals surface area contributed by atoms with E-state index in [0.717, 1.165) is 26.1 Å². The van der Waals surface area contributed by atoms with Crippen LogP contribution in [0.15, 0.2) is 12.3 Å². The molecule has 1 aromatic rings. The predicted molar refractivity (Wildman–Crippen MR) is 51.5 cm³/mol. The van der Waals surface area contributed by atoms with Crippen molar-refractivity contribution in [2.24, 2.45) is 0 Å². The molecule has 1 saturated heterocycles. The maximum atomic E-state index is 5.64. The van der Waals surface area contributed by atoms with Crippen LogP contribution in [-0.4, -0.2) is 29.3 Å². The molecule has 2 rings (SSSR count). The molecule has 0 bridgehead atoms. The van der Waals surface area contributed by atoms with Gasteiger partial charge >= 0.3 is 0 Å². The molecule has 14 heavy (non-hydrogen) atoms. The highest BCUT2D eigenvalue weighted by Crippen LogP contribution is 2.16. The average Bonchev–Trinajstić information content (AvgIpc) is 2.19. The minimum absolute atomic E-state index is 0.190. The van der Waals surface area contributed by atoms with Crippen LogP contribution in [-0.2, 0) is 4.74 Å². The first-order valence-electron chi connectivity index (χ1n) is 4.57. The molecule has 0 aliphatic carbocycles. The molecule has 2 heterocycles. The van der Waals surface area contributed by atoms with E-state index in [1.807, 2.05) is 0 Å². The quantitative estimate of drug-likeness (QED) is 0.703. The Morgan fingerprint density at radius 3 is 2.93 bits per heavy atom. The molecule has 1 aliphatic rings. The van der Waals surface area contributed by atoms with Gasteiger partial charge in [-0.2, -0.15) is 4.98 Å². The van der Waals surface area contributed by atoms with Crippen molar-refractivity contribution in [3.8, 4) is 5.88 Å². The first-order valence-corrected chi connectivity index (χ1v) is 4.95. The maximum Gasteiger partial charge on any atom is 0.225 e. The van der Waals surface area contributed by atoms with Gasteiger partial charge in [-0.25, -0.2) is 4.98 Å². The monoisotopic (exact) mass is 214 g/mol. The van der Waals surface area contributed by atoms with Crippen LogP contribution in [0.5, 0.6) is 5.88 Å². The van der Waals surface area contributed by atoms with Crippen molar-refractivity contribution in [2.45, 2.75) is 18.9 Å². The average molecular weight is 215 g/mol. The highest BCUT2D eigenvalue weighted by atomic mass is 35.5. The summed E-state index contributed by atoms with van der Waals surface area (Å²) in [5.74, 6) is 0.539. The van der Waals surface area contributed by atoms with E-state index >= 15 is 0 Å². The van der Waals surface area contributed by atoms with Gasteiger partial charge in [0.1, 0.15) is 6.10 Å². The summed E-state index contributed by atoms with van der Waals surface area (Å²) in [5.41, 5.74) is 0. The van der Waals surface area contributed by atoms with Crippen molar-refractivity contribution in [1.82, 2.24) is 9.97 Å². The fraction of sp³-hybridized carbons (Fsp3) is 0.556. The number of rotatable bonds is 2. The van der Waals surface area contributed by atoms with E-state index in [9.17, 15) is 0 Å². The zero-order valence-electron chi connectivity index (χ0n) is 7.65. The Morgan fingerprint density at radius 2 is 2.21 bits per heavy atom. The summed E-state index contributed by atoms with van der Waals surface area (Å²) in [6.07, 6.45) is 3.59. The largest absolute Gasteiger partial charge is 0.474 e. The van der Waals surface area contributed by atoms with Crippen LogP contribution in [0, 0.1) is 0 Å². The lowest BCUT2D eigenvalue weighted by Gasteiger charge is -2.22. The molecule has 0 saturated carbocycles. The Morgan fingerprint density at radius 1 is 1.43 bits per heavy atom. The van der Waals surface area contributed by atoms with Gasteiger partial charge in [0.05, 0.1) is 13.2 Å². The molecule has 4 nitrogen and oxygen atoms in total. The topological polar surface area (TPSA) is 44.2 Å². The minimum atomic E-state index is 0.190. The number of aromatic nitrogens is 2. The van der Waals surface area contributed by atoms with Gasteiger partial charge in [-0.3, -0.25) is 0 Å². The number of halogens is 1. The summed E-state index contributed by atoms with van der Waals surface area (Å²) in [7, 11) is 0. The van der Waals surface area contributed by atoms with Crippen LogP contribution in [0.2, 0.25) is 5.28 Å². The summed E-state index contributed by atoms with van der Waals surface area (Å²) in [6, 6.07) is 1.71. The molecular formula is C9H11ClN2O2. The van der Waals surface area contributed by atoms with Crippen molar-refractivity contribution in [3.63, 3.8) is 0 Å². The Hall–Kier alpha value is -0.870. The number of hydrogen-bond donors (Lipinski definition) is 0. The third-order valence-electron chi connectivity index (χ3n) is 2.06. The second-order valence-corrected chi connectivity index (χ2v) is 3.43. The van der Waals surface area contributed by atoms with Gasteiger partial charge in [-0.1, -0.05) is 0 Å². The van der Waals surface area contributed by atoms with Crippen LogP contribution in [0.4, 0.5) is 0 Å². The number of ether oxygens (including phenoxy) is 2. The van der Waals surface area contributed by atoms with Gasteiger partial charge in [-0.15, -0.1) is 0 Å². The highest BCUT2D eigenvalue weighted by molar-refractivity contribution is 6.28. The molecule has 0 amide bonds. The molecular weight excluding hydrogens is 204 g/mol. The first kappa shape index (κ1) is 9.68. The normalized spacial score (nSPS) is 18.1. The van der Waals surface area contributed by atoms with Gasteiger partial charge in [0.2, 0.25) is 11.2 Å². The van der Waals surface area contributed by atoms with E-state index < -0.39 is 0 Å². The molecule has 0 N–H and O–H groups in total. The van der Waals surface area contributed by atoms with Crippen molar-refractivity contribution in [3.05, 3.63) is 17.5 Å². The van der Waals surface area contributed by atoms with Gasteiger partial charge in [0.15, 0.2) is 0 Å². The summed E-state index contributed by atoms with van der Waals surface area (Å²) in [6.45, 7) is 1.51. The van der Waals surface area contributed by atoms with E-state index in [0.29, 0.717) is 5.88 Å².